The molecule has 2 unspecified atom stereocenters. The van der Waals surface area contributed by atoms with Gasteiger partial charge < -0.3 is 15.5 Å². The van der Waals surface area contributed by atoms with Gasteiger partial charge in [0.15, 0.2) is 0 Å². The summed E-state index contributed by atoms with van der Waals surface area (Å²) in [7, 11) is 0. The summed E-state index contributed by atoms with van der Waals surface area (Å²) in [6.45, 7) is 4.32. The Balaban J connectivity index is 3.43. The average molecular weight is 981 g/mol. The van der Waals surface area contributed by atoms with Crippen molar-refractivity contribution in [1.29, 1.82) is 0 Å². The van der Waals surface area contributed by atoms with E-state index in [4.69, 9.17) is 0 Å². The fraction of sp³-hybridized carbons (Fsp3) is 0.864. The van der Waals surface area contributed by atoms with Crippen LogP contribution in [0.25, 0.3) is 0 Å². The lowest BCUT2D eigenvalue weighted by Gasteiger charge is -2.19. The number of amides is 1. The molecule has 0 saturated carbocycles. The van der Waals surface area contributed by atoms with Crippen LogP contribution in [0.15, 0.2) is 48.6 Å². The van der Waals surface area contributed by atoms with Crippen molar-refractivity contribution in [1.82, 2.24) is 5.32 Å². The van der Waals surface area contributed by atoms with Crippen LogP contribution in [0.5, 0.6) is 0 Å². The Bertz CT molecular complexity index is 1110. The van der Waals surface area contributed by atoms with Crippen LogP contribution in [0.4, 0.5) is 0 Å². The van der Waals surface area contributed by atoms with Gasteiger partial charge in [-0.15, -0.1) is 0 Å². The first-order valence-electron chi connectivity index (χ1n) is 31.9. The van der Waals surface area contributed by atoms with Crippen LogP contribution in [-0.2, 0) is 4.79 Å². The zero-order chi connectivity index (χ0) is 50.6. The van der Waals surface area contributed by atoms with Gasteiger partial charge in [0.25, 0.3) is 0 Å². The lowest BCUT2D eigenvalue weighted by molar-refractivity contribution is -0.123. The average Bonchev–Trinajstić information content (AvgIpc) is 3.36. The smallest absolute Gasteiger partial charge is 0.220 e. The zero-order valence-corrected chi connectivity index (χ0v) is 47.6. The normalized spacial score (nSPS) is 13.0. The van der Waals surface area contributed by atoms with Crippen LogP contribution in [-0.4, -0.2) is 34.9 Å². The summed E-state index contributed by atoms with van der Waals surface area (Å²) >= 11 is 0. The van der Waals surface area contributed by atoms with Crippen molar-refractivity contribution in [2.75, 3.05) is 6.61 Å². The molecular weight excluding hydrogens is 855 g/mol. The largest absolute Gasteiger partial charge is 0.394 e. The molecule has 0 aromatic carbocycles. The van der Waals surface area contributed by atoms with E-state index in [0.29, 0.717) is 6.42 Å². The monoisotopic (exact) mass is 980 g/mol. The van der Waals surface area contributed by atoms with E-state index in [0.717, 1.165) is 38.5 Å². The number of hydrogen-bond acceptors (Lipinski definition) is 3. The number of carbonyl (C=O) groups is 1. The molecule has 0 rings (SSSR count). The SMILES string of the molecule is CCCCCCC/C=C\C/C=C\CCCCCCCCCCCCCCCCCCCCCCCCCCCC(=O)NC(CO)C(O)/C=C/CC/C=C/CCCCCCCCCCCCCCCCC. The maximum absolute atomic E-state index is 12.5. The number of nitrogens with one attached hydrogen (secondary N) is 1. The Hall–Kier alpha value is -1.65. The standard InChI is InChI=1S/C66H125NO3/c1-3-5-7-9-11-13-15-17-19-21-23-25-26-27-28-29-30-31-32-33-34-35-36-37-38-39-40-42-44-46-48-50-52-54-56-58-60-62-66(70)67-64(63-68)65(69)61-59-57-55-53-51-49-47-45-43-41-24-22-20-18-16-14-12-10-8-6-4-2/h15,17,21,23,51,53,59,61,64-65,68-69H,3-14,16,18-20,22,24-50,52,54-58,60,62-63H2,1-2H3,(H,67,70)/b17-15-,23-21-,53-51+,61-59+. The second-order valence-corrected chi connectivity index (χ2v) is 21.8. The summed E-state index contributed by atoms with van der Waals surface area (Å²) in [6.07, 6.45) is 86.0. The summed E-state index contributed by atoms with van der Waals surface area (Å²) < 4.78 is 0. The molecule has 412 valence electrons. The van der Waals surface area contributed by atoms with Crippen molar-refractivity contribution in [3.63, 3.8) is 0 Å². The number of aliphatic hydroxyl groups excluding tert-OH is 2. The molecule has 0 radical (unpaired) electrons. The Morgan fingerprint density at radius 3 is 0.914 bits per heavy atom. The van der Waals surface area contributed by atoms with E-state index in [2.05, 4.69) is 55.6 Å². The highest BCUT2D eigenvalue weighted by atomic mass is 16.3. The highest BCUT2D eigenvalue weighted by Gasteiger charge is 2.18. The molecule has 1 amide bonds. The molecule has 3 N–H and O–H groups in total. The van der Waals surface area contributed by atoms with Gasteiger partial charge >= 0.3 is 0 Å². The summed E-state index contributed by atoms with van der Waals surface area (Å²) in [6, 6.07) is -0.639. The minimum atomic E-state index is -0.862. The van der Waals surface area contributed by atoms with Gasteiger partial charge in [-0.1, -0.05) is 326 Å². The first kappa shape index (κ1) is 68.4. The number of carbonyl (C=O) groups excluding carboxylic acids is 1. The second kappa shape index (κ2) is 61.6. The molecule has 0 aromatic heterocycles. The van der Waals surface area contributed by atoms with Gasteiger partial charge in [0.2, 0.25) is 5.91 Å². The Kier molecular flexibility index (Phi) is 60.2. The van der Waals surface area contributed by atoms with E-state index in [1.807, 2.05) is 6.08 Å². The van der Waals surface area contributed by atoms with Crippen LogP contribution in [0, 0.1) is 0 Å². The van der Waals surface area contributed by atoms with Crippen molar-refractivity contribution in [3.8, 4) is 0 Å². The fourth-order valence-electron chi connectivity index (χ4n) is 9.94. The number of unbranched alkanes of at least 4 members (excludes halogenated alkanes) is 46. The Morgan fingerprint density at radius 1 is 0.343 bits per heavy atom. The minimum absolute atomic E-state index is 0.0673. The van der Waals surface area contributed by atoms with Crippen molar-refractivity contribution in [2.24, 2.45) is 0 Å². The first-order valence-corrected chi connectivity index (χ1v) is 31.9. The quantitative estimate of drug-likeness (QED) is 0.0420. The van der Waals surface area contributed by atoms with Crippen LogP contribution in [0.2, 0.25) is 0 Å². The van der Waals surface area contributed by atoms with E-state index < -0.39 is 12.1 Å². The van der Waals surface area contributed by atoms with E-state index in [1.165, 1.54) is 289 Å². The summed E-state index contributed by atoms with van der Waals surface area (Å²) in [5, 5.41) is 23.2. The van der Waals surface area contributed by atoms with Gasteiger partial charge in [-0.25, -0.2) is 0 Å². The van der Waals surface area contributed by atoms with Crippen molar-refractivity contribution in [2.45, 2.75) is 360 Å². The van der Waals surface area contributed by atoms with Crippen LogP contribution in [0.3, 0.4) is 0 Å². The molecule has 0 bridgehead atoms. The molecule has 0 saturated heterocycles. The molecule has 4 nitrogen and oxygen atoms in total. The predicted molar refractivity (Wildman–Crippen MR) is 313 cm³/mol. The van der Waals surface area contributed by atoms with Crippen molar-refractivity contribution in [3.05, 3.63) is 48.6 Å². The van der Waals surface area contributed by atoms with E-state index in [-0.39, 0.29) is 12.5 Å². The maximum atomic E-state index is 12.5. The second-order valence-electron chi connectivity index (χ2n) is 21.8. The molecule has 0 aromatic rings. The first-order chi connectivity index (χ1) is 34.7. The van der Waals surface area contributed by atoms with E-state index >= 15 is 0 Å². The van der Waals surface area contributed by atoms with Gasteiger partial charge in [0, 0.05) is 6.42 Å². The summed E-state index contributed by atoms with van der Waals surface area (Å²) in [5.74, 6) is -0.0673. The Morgan fingerprint density at radius 2 is 0.600 bits per heavy atom. The Labute approximate surface area is 439 Å². The number of aliphatic hydroxyl groups is 2. The third-order valence-corrected chi connectivity index (χ3v) is 14.8. The fourth-order valence-corrected chi connectivity index (χ4v) is 9.94. The number of allylic oxidation sites excluding steroid dienone is 7. The third-order valence-electron chi connectivity index (χ3n) is 14.8. The molecule has 0 heterocycles. The number of hydrogen-bond donors (Lipinski definition) is 3. The molecule has 0 aliphatic heterocycles. The van der Waals surface area contributed by atoms with E-state index in [1.54, 1.807) is 6.08 Å². The van der Waals surface area contributed by atoms with Gasteiger partial charge in [-0.05, 0) is 64.2 Å². The molecule has 0 aliphatic rings. The van der Waals surface area contributed by atoms with Crippen molar-refractivity contribution >= 4 is 5.91 Å². The molecule has 4 heteroatoms. The van der Waals surface area contributed by atoms with Crippen molar-refractivity contribution < 1.29 is 15.0 Å². The van der Waals surface area contributed by atoms with Crippen LogP contribution >= 0.6 is 0 Å². The molecule has 0 spiro atoms. The highest BCUT2D eigenvalue weighted by Crippen LogP contribution is 2.18. The molecular formula is C66H125NO3. The van der Waals surface area contributed by atoms with Gasteiger partial charge in [0.05, 0.1) is 18.8 Å². The van der Waals surface area contributed by atoms with Gasteiger partial charge in [-0.3, -0.25) is 4.79 Å². The molecule has 0 fully saturated rings. The summed E-state index contributed by atoms with van der Waals surface area (Å²) in [4.78, 5) is 12.5. The molecule has 70 heavy (non-hydrogen) atoms. The summed E-state index contributed by atoms with van der Waals surface area (Å²) in [5.41, 5.74) is 0. The lowest BCUT2D eigenvalue weighted by atomic mass is 10.0. The lowest BCUT2D eigenvalue weighted by Crippen LogP contribution is -2.45. The van der Waals surface area contributed by atoms with E-state index in [9.17, 15) is 15.0 Å². The molecule has 2 atom stereocenters. The predicted octanol–water partition coefficient (Wildman–Crippen LogP) is 21.4. The van der Waals surface area contributed by atoms with Gasteiger partial charge in [-0.2, -0.15) is 0 Å². The van der Waals surface area contributed by atoms with Gasteiger partial charge in [0.1, 0.15) is 0 Å². The minimum Gasteiger partial charge on any atom is -0.394 e. The topological polar surface area (TPSA) is 69.6 Å². The maximum Gasteiger partial charge on any atom is 0.220 e. The van der Waals surface area contributed by atoms with Crippen LogP contribution < -0.4 is 5.32 Å². The zero-order valence-electron chi connectivity index (χ0n) is 47.6. The van der Waals surface area contributed by atoms with Crippen LogP contribution in [0.1, 0.15) is 348 Å². The highest BCUT2D eigenvalue weighted by molar-refractivity contribution is 5.76. The molecule has 0 aliphatic carbocycles. The third kappa shape index (κ3) is 57.3. The number of rotatable bonds is 59.